The highest BCUT2D eigenvalue weighted by molar-refractivity contribution is 6.01. The number of unbranched alkanes of at least 4 members (excludes halogenated alkanes) is 1. The molecule has 2 aromatic rings. The number of anilines is 1. The van der Waals surface area contributed by atoms with Crippen molar-refractivity contribution >= 4 is 17.6 Å². The van der Waals surface area contributed by atoms with E-state index in [1.165, 1.54) is 0 Å². The Morgan fingerprint density at radius 3 is 2.59 bits per heavy atom. The normalized spacial score (nSPS) is 15.1. The van der Waals surface area contributed by atoms with Gasteiger partial charge in [-0.3, -0.25) is 19.2 Å². The average molecular weight is 505 g/mol. The van der Waals surface area contributed by atoms with Crippen LogP contribution in [0.5, 0.6) is 5.75 Å². The van der Waals surface area contributed by atoms with Gasteiger partial charge in [0.15, 0.2) is 5.82 Å². The van der Waals surface area contributed by atoms with E-state index in [0.29, 0.717) is 31.8 Å². The van der Waals surface area contributed by atoms with Crippen molar-refractivity contribution in [3.05, 3.63) is 41.6 Å². The van der Waals surface area contributed by atoms with Crippen LogP contribution in [0.3, 0.4) is 0 Å². The largest absolute Gasteiger partial charge is 0.485 e. The van der Waals surface area contributed by atoms with Gasteiger partial charge in [-0.25, -0.2) is 0 Å². The van der Waals surface area contributed by atoms with Crippen LogP contribution in [0.15, 0.2) is 30.5 Å². The van der Waals surface area contributed by atoms with Crippen LogP contribution in [0.2, 0.25) is 0 Å². The average Bonchev–Trinajstić information content (AvgIpc) is 3.25. The third kappa shape index (κ3) is 7.83. The van der Waals surface area contributed by atoms with E-state index in [9.17, 15) is 9.59 Å². The number of hydrogen-bond donors (Lipinski definition) is 2. The Morgan fingerprint density at radius 1 is 1.27 bits per heavy atom. The van der Waals surface area contributed by atoms with Gasteiger partial charge in [0.1, 0.15) is 16.9 Å². The van der Waals surface area contributed by atoms with Gasteiger partial charge in [-0.05, 0) is 63.3 Å². The number of nitrogens with zero attached hydrogens (tertiary/aromatic N) is 4. The number of hydrogen-bond acceptors (Lipinski definition) is 6. The quantitative estimate of drug-likeness (QED) is 0.298. The fraction of sp³-hybridized carbons (Fsp3) is 0.500. The maximum absolute atomic E-state index is 12.0. The van der Waals surface area contributed by atoms with E-state index in [-0.39, 0.29) is 22.9 Å². The fourth-order valence-electron chi connectivity index (χ4n) is 4.68. The Labute approximate surface area is 219 Å². The highest BCUT2D eigenvalue weighted by Crippen LogP contribution is 2.32. The van der Waals surface area contributed by atoms with Crippen LogP contribution in [0, 0.1) is 23.7 Å². The molecule has 9 nitrogen and oxygen atoms in total. The van der Waals surface area contributed by atoms with E-state index in [4.69, 9.17) is 22.2 Å². The molecule has 196 valence electrons. The second-order valence-corrected chi connectivity index (χ2v) is 9.79. The first-order chi connectivity index (χ1) is 17.8. The van der Waals surface area contributed by atoms with Crippen molar-refractivity contribution in [1.82, 2.24) is 14.7 Å². The predicted molar refractivity (Wildman–Crippen MR) is 142 cm³/mol. The van der Waals surface area contributed by atoms with Crippen LogP contribution >= 0.6 is 0 Å². The molecule has 0 radical (unpaired) electrons. The van der Waals surface area contributed by atoms with E-state index < -0.39 is 5.91 Å². The van der Waals surface area contributed by atoms with E-state index in [1.807, 2.05) is 31.2 Å². The lowest BCUT2D eigenvalue weighted by Crippen LogP contribution is -2.65. The lowest BCUT2D eigenvalue weighted by atomic mass is 9.90. The number of aryl methyl sites for hydroxylation is 1. The standard InChI is InChI=1S/C28H36N6O3/c1-4-9-25(35)31-27-24(26(30)36)18-34(32-27)17-8-11-22(10-6-7-16-29)33-19-28(3,20-33)37-23-14-12-21(5-2)13-15-23/h2,12-15,18,22H,4,6-11,17,19-20H2,1,3H3,(H2,30,36)(H,31,32,35). The number of nitrogens with two attached hydrogens (primary N) is 1. The van der Waals surface area contributed by atoms with E-state index in [2.05, 4.69) is 34.2 Å². The second kappa shape index (κ2) is 12.9. The number of rotatable bonds is 14. The molecule has 0 saturated carbocycles. The number of nitrogens with one attached hydrogen (secondary N) is 1. The van der Waals surface area contributed by atoms with Crippen molar-refractivity contribution in [2.24, 2.45) is 5.73 Å². The van der Waals surface area contributed by atoms with Crippen molar-refractivity contribution in [2.45, 2.75) is 77.0 Å². The number of likely N-dealkylation sites (tertiary alicyclic amines) is 1. The fourth-order valence-corrected chi connectivity index (χ4v) is 4.68. The second-order valence-electron chi connectivity index (χ2n) is 9.79. The number of terminal acetylenes is 1. The molecule has 0 spiro atoms. The van der Waals surface area contributed by atoms with E-state index in [0.717, 1.165) is 50.1 Å². The van der Waals surface area contributed by atoms with Gasteiger partial charge in [0.25, 0.3) is 5.91 Å². The predicted octanol–water partition coefficient (Wildman–Crippen LogP) is 3.70. The molecule has 0 bridgehead atoms. The van der Waals surface area contributed by atoms with Crippen LogP contribution in [0.4, 0.5) is 5.82 Å². The Hall–Kier alpha value is -3.82. The zero-order valence-electron chi connectivity index (χ0n) is 21.7. The van der Waals surface area contributed by atoms with E-state index >= 15 is 0 Å². The first-order valence-electron chi connectivity index (χ1n) is 12.8. The van der Waals surface area contributed by atoms with Crippen molar-refractivity contribution in [2.75, 3.05) is 18.4 Å². The Balaban J connectivity index is 1.57. The summed E-state index contributed by atoms with van der Waals surface area (Å²) in [5.74, 6) is 2.81. The topological polar surface area (TPSA) is 126 Å². The molecular weight excluding hydrogens is 468 g/mol. The molecule has 9 heteroatoms. The lowest BCUT2D eigenvalue weighted by molar-refractivity contribution is -0.116. The number of aromatic nitrogens is 2. The lowest BCUT2D eigenvalue weighted by Gasteiger charge is -2.51. The molecule has 37 heavy (non-hydrogen) atoms. The van der Waals surface area contributed by atoms with Gasteiger partial charge in [0.05, 0.1) is 6.07 Å². The minimum Gasteiger partial charge on any atom is -0.485 e. The van der Waals surface area contributed by atoms with Gasteiger partial charge in [-0.15, -0.1) is 6.42 Å². The van der Waals surface area contributed by atoms with Crippen LogP contribution in [-0.2, 0) is 11.3 Å². The summed E-state index contributed by atoms with van der Waals surface area (Å²) in [7, 11) is 0. The number of primary amides is 1. The molecule has 3 N–H and O–H groups in total. The monoisotopic (exact) mass is 504 g/mol. The number of carbonyl (C=O) groups excluding carboxylic acids is 2. The zero-order chi connectivity index (χ0) is 26.8. The maximum Gasteiger partial charge on any atom is 0.254 e. The molecule has 1 aromatic carbocycles. The van der Waals surface area contributed by atoms with Gasteiger partial charge in [-0.2, -0.15) is 10.4 Å². The van der Waals surface area contributed by atoms with Crippen molar-refractivity contribution in [1.29, 1.82) is 5.26 Å². The molecule has 1 saturated heterocycles. The first kappa shape index (κ1) is 27.8. The molecule has 1 aliphatic heterocycles. The molecule has 3 rings (SSSR count). The van der Waals surface area contributed by atoms with Crippen LogP contribution in [-0.4, -0.2) is 51.2 Å². The summed E-state index contributed by atoms with van der Waals surface area (Å²) in [5, 5.41) is 16.1. The van der Waals surface area contributed by atoms with Gasteiger partial charge < -0.3 is 15.8 Å². The van der Waals surface area contributed by atoms with Crippen LogP contribution < -0.4 is 15.8 Å². The number of nitriles is 1. The highest BCUT2D eigenvalue weighted by Gasteiger charge is 2.43. The van der Waals surface area contributed by atoms with Gasteiger partial charge in [-0.1, -0.05) is 12.8 Å². The maximum atomic E-state index is 12.0. The summed E-state index contributed by atoms with van der Waals surface area (Å²) in [6, 6.07) is 10.1. The number of benzene rings is 1. The smallest absolute Gasteiger partial charge is 0.254 e. The molecule has 1 aromatic heterocycles. The Morgan fingerprint density at radius 2 is 1.97 bits per heavy atom. The van der Waals surface area contributed by atoms with Crippen LogP contribution in [0.25, 0.3) is 0 Å². The zero-order valence-corrected chi connectivity index (χ0v) is 21.7. The van der Waals surface area contributed by atoms with E-state index in [1.54, 1.807) is 10.9 Å². The third-order valence-corrected chi connectivity index (χ3v) is 6.49. The van der Waals surface area contributed by atoms with Crippen molar-refractivity contribution in [3.63, 3.8) is 0 Å². The molecule has 0 aliphatic carbocycles. The first-order valence-corrected chi connectivity index (χ1v) is 12.8. The molecule has 1 aliphatic rings. The summed E-state index contributed by atoms with van der Waals surface area (Å²) in [6.07, 6.45) is 12.1. The van der Waals surface area contributed by atoms with Crippen molar-refractivity contribution in [3.8, 4) is 24.2 Å². The number of carbonyl (C=O) groups is 2. The Bertz CT molecular complexity index is 1150. The molecule has 2 heterocycles. The molecule has 1 fully saturated rings. The van der Waals surface area contributed by atoms with Gasteiger partial charge in [0, 0.05) is 50.3 Å². The number of amides is 2. The molecule has 1 unspecified atom stereocenters. The minimum atomic E-state index is -0.624. The highest BCUT2D eigenvalue weighted by atomic mass is 16.5. The third-order valence-electron chi connectivity index (χ3n) is 6.49. The molecule has 2 amide bonds. The SMILES string of the molecule is C#Cc1ccc(OC2(C)CN(C(CCCC#N)CCCn3cc(C(N)=O)c(NC(=O)CCC)n3)C2)cc1. The van der Waals surface area contributed by atoms with Crippen LogP contribution in [0.1, 0.15) is 74.7 Å². The van der Waals surface area contributed by atoms with Gasteiger partial charge in [0.2, 0.25) is 5.91 Å². The summed E-state index contributed by atoms with van der Waals surface area (Å²) >= 11 is 0. The summed E-state index contributed by atoms with van der Waals surface area (Å²) in [4.78, 5) is 26.2. The molecular formula is C28H36N6O3. The van der Waals surface area contributed by atoms with Gasteiger partial charge >= 0.3 is 0 Å². The Kier molecular flexibility index (Phi) is 9.71. The number of ether oxygens (including phenoxy) is 1. The summed E-state index contributed by atoms with van der Waals surface area (Å²) in [6.45, 7) is 6.19. The summed E-state index contributed by atoms with van der Waals surface area (Å²) in [5.41, 5.74) is 6.23. The summed E-state index contributed by atoms with van der Waals surface area (Å²) < 4.78 is 7.91. The van der Waals surface area contributed by atoms with Crippen molar-refractivity contribution < 1.29 is 14.3 Å². The minimum absolute atomic E-state index is 0.192. The molecule has 1 atom stereocenters.